The number of carbonyl (C=O) groups is 1. The lowest BCUT2D eigenvalue weighted by Gasteiger charge is -2.03. The highest BCUT2D eigenvalue weighted by molar-refractivity contribution is 6.13. The van der Waals surface area contributed by atoms with Gasteiger partial charge in [0, 0.05) is 25.1 Å². The zero-order valence-corrected chi connectivity index (χ0v) is 11.5. The van der Waals surface area contributed by atoms with Crippen LogP contribution < -0.4 is 4.74 Å². The fourth-order valence-electron chi connectivity index (χ4n) is 1.52. The molecule has 0 heterocycles. The van der Waals surface area contributed by atoms with Crippen LogP contribution in [0.2, 0.25) is 0 Å². The minimum absolute atomic E-state index is 0.0681. The molecule has 0 bridgehead atoms. The van der Waals surface area contributed by atoms with Crippen molar-refractivity contribution < 1.29 is 14.6 Å². The smallest absolute Gasteiger partial charge is 0.167 e. The number of hydrogen-bond acceptors (Lipinski definition) is 4. The van der Waals surface area contributed by atoms with E-state index in [2.05, 4.69) is 4.99 Å². The number of hydrogen-bond donors (Lipinski definition) is 1. The van der Waals surface area contributed by atoms with E-state index in [1.54, 1.807) is 33.1 Å². The molecule has 0 aliphatic rings. The van der Waals surface area contributed by atoms with Crippen LogP contribution in [0.25, 0.3) is 0 Å². The van der Waals surface area contributed by atoms with Gasteiger partial charge in [0.05, 0.1) is 18.4 Å². The molecule has 19 heavy (non-hydrogen) atoms. The second-order valence-corrected chi connectivity index (χ2v) is 3.95. The van der Waals surface area contributed by atoms with Crippen molar-refractivity contribution in [2.75, 3.05) is 7.11 Å². The summed E-state index contributed by atoms with van der Waals surface area (Å²) < 4.78 is 5.10. The minimum atomic E-state index is -0.119. The fraction of sp³-hybridized carbons (Fsp3) is 0.333. The van der Waals surface area contributed by atoms with Crippen LogP contribution in [0, 0.1) is 0 Å². The van der Waals surface area contributed by atoms with Crippen molar-refractivity contribution in [1.29, 1.82) is 0 Å². The first-order valence-electron chi connectivity index (χ1n) is 6.25. The van der Waals surface area contributed by atoms with E-state index in [1.807, 2.05) is 12.1 Å². The van der Waals surface area contributed by atoms with Gasteiger partial charge in [-0.25, -0.2) is 0 Å². The van der Waals surface area contributed by atoms with E-state index in [1.165, 1.54) is 6.21 Å². The molecule has 0 aromatic heterocycles. The molecule has 1 aromatic rings. The number of carbonyl (C=O) groups excluding carboxylic acids is 1. The maximum absolute atomic E-state index is 11.7. The number of Topliss-reactive ketones (excluding diaryl/α,β-unsaturated/α-hetero) is 1. The summed E-state index contributed by atoms with van der Waals surface area (Å²) in [5.41, 5.74) is 0.942. The highest BCUT2D eigenvalue weighted by Crippen LogP contribution is 2.19. The van der Waals surface area contributed by atoms with Gasteiger partial charge >= 0.3 is 0 Å². The lowest BCUT2D eigenvalue weighted by atomic mass is 10.1. The molecule has 1 aromatic carbocycles. The number of methoxy groups -OCH3 is 1. The summed E-state index contributed by atoms with van der Waals surface area (Å²) in [4.78, 5) is 15.9. The lowest BCUT2D eigenvalue weighted by molar-refractivity contribution is -0.114. The second-order valence-electron chi connectivity index (χ2n) is 3.95. The Bertz CT molecular complexity index is 504. The second kappa shape index (κ2) is 7.36. The molecule has 0 fully saturated rings. The fourth-order valence-corrected chi connectivity index (χ4v) is 1.52. The van der Waals surface area contributed by atoms with E-state index in [4.69, 9.17) is 4.74 Å². The van der Waals surface area contributed by atoms with E-state index >= 15 is 0 Å². The minimum Gasteiger partial charge on any atom is -0.512 e. The molecule has 0 aliphatic carbocycles. The zero-order valence-electron chi connectivity index (χ0n) is 11.5. The summed E-state index contributed by atoms with van der Waals surface area (Å²) in [6, 6.07) is 7.19. The number of benzene rings is 1. The molecule has 4 heteroatoms. The van der Waals surface area contributed by atoms with Crippen molar-refractivity contribution in [2.45, 2.75) is 26.7 Å². The number of allylic oxidation sites excluding steroid dienone is 2. The highest BCUT2D eigenvalue weighted by atomic mass is 16.5. The third kappa shape index (κ3) is 4.25. The SMILES string of the molecule is CCC(=O)C(C=Nc1cccc(OC)c1)=C(O)CC. The Labute approximate surface area is 113 Å². The topological polar surface area (TPSA) is 58.9 Å². The maximum Gasteiger partial charge on any atom is 0.167 e. The van der Waals surface area contributed by atoms with Gasteiger partial charge in [-0.3, -0.25) is 9.79 Å². The Morgan fingerprint density at radius 1 is 1.37 bits per heavy atom. The van der Waals surface area contributed by atoms with Gasteiger partial charge in [0.25, 0.3) is 0 Å². The van der Waals surface area contributed by atoms with Crippen LogP contribution >= 0.6 is 0 Å². The Morgan fingerprint density at radius 3 is 2.68 bits per heavy atom. The van der Waals surface area contributed by atoms with Crippen LogP contribution in [0.5, 0.6) is 5.75 Å². The number of aliphatic imine (C=N–C) groups is 1. The first-order chi connectivity index (χ1) is 9.12. The Morgan fingerprint density at radius 2 is 2.11 bits per heavy atom. The third-order valence-electron chi connectivity index (χ3n) is 2.66. The molecule has 0 spiro atoms. The van der Waals surface area contributed by atoms with Gasteiger partial charge in [-0.1, -0.05) is 19.9 Å². The van der Waals surface area contributed by atoms with E-state index in [9.17, 15) is 9.90 Å². The molecule has 0 saturated heterocycles. The molecule has 0 unspecified atom stereocenters. The van der Waals surface area contributed by atoms with Crippen LogP contribution in [-0.2, 0) is 4.79 Å². The zero-order chi connectivity index (χ0) is 14.3. The van der Waals surface area contributed by atoms with E-state index in [-0.39, 0.29) is 17.1 Å². The van der Waals surface area contributed by atoms with Gasteiger partial charge < -0.3 is 9.84 Å². The molecular formula is C15H19NO3. The molecule has 0 radical (unpaired) electrons. The quantitative estimate of drug-likeness (QED) is 0.483. The van der Waals surface area contributed by atoms with Crippen molar-refractivity contribution in [3.63, 3.8) is 0 Å². The van der Waals surface area contributed by atoms with Gasteiger partial charge in [0.2, 0.25) is 0 Å². The van der Waals surface area contributed by atoms with Crippen molar-refractivity contribution in [2.24, 2.45) is 4.99 Å². The summed E-state index contributed by atoms with van der Waals surface area (Å²) in [5, 5.41) is 9.74. The van der Waals surface area contributed by atoms with Gasteiger partial charge in [-0.15, -0.1) is 0 Å². The van der Waals surface area contributed by atoms with Crippen LogP contribution in [-0.4, -0.2) is 24.2 Å². The van der Waals surface area contributed by atoms with Crippen LogP contribution in [0.1, 0.15) is 26.7 Å². The maximum atomic E-state index is 11.7. The van der Waals surface area contributed by atoms with Gasteiger partial charge in [0.1, 0.15) is 11.5 Å². The van der Waals surface area contributed by atoms with Crippen LogP contribution in [0.3, 0.4) is 0 Å². The summed E-state index contributed by atoms with van der Waals surface area (Å²) in [6.07, 6.45) is 2.16. The average molecular weight is 261 g/mol. The Kier molecular flexibility index (Phi) is 5.79. The Hall–Kier alpha value is -2.10. The summed E-state index contributed by atoms with van der Waals surface area (Å²) >= 11 is 0. The van der Waals surface area contributed by atoms with Gasteiger partial charge in [-0.05, 0) is 12.1 Å². The number of ketones is 1. The number of rotatable bonds is 6. The first kappa shape index (κ1) is 15.0. The van der Waals surface area contributed by atoms with Crippen molar-refractivity contribution in [3.05, 3.63) is 35.6 Å². The van der Waals surface area contributed by atoms with E-state index < -0.39 is 0 Å². The molecule has 0 amide bonds. The molecular weight excluding hydrogens is 242 g/mol. The van der Waals surface area contributed by atoms with Crippen molar-refractivity contribution >= 4 is 17.7 Å². The molecule has 4 nitrogen and oxygen atoms in total. The standard InChI is InChI=1S/C15H19NO3/c1-4-14(17)13(15(18)5-2)10-16-11-7-6-8-12(9-11)19-3/h6-10,17H,4-5H2,1-3H3. The summed E-state index contributed by atoms with van der Waals surface area (Å²) in [7, 11) is 1.58. The lowest BCUT2D eigenvalue weighted by Crippen LogP contribution is -2.05. The summed E-state index contributed by atoms with van der Waals surface area (Å²) in [5.74, 6) is 0.645. The van der Waals surface area contributed by atoms with Crippen LogP contribution in [0.15, 0.2) is 40.6 Å². The molecule has 0 atom stereocenters. The molecule has 0 saturated carbocycles. The third-order valence-corrected chi connectivity index (χ3v) is 2.66. The van der Waals surface area contributed by atoms with Crippen molar-refractivity contribution in [1.82, 2.24) is 0 Å². The molecule has 102 valence electrons. The van der Waals surface area contributed by atoms with E-state index in [0.717, 1.165) is 0 Å². The average Bonchev–Trinajstić information content (AvgIpc) is 2.46. The Balaban J connectivity index is 3.02. The van der Waals surface area contributed by atoms with E-state index in [0.29, 0.717) is 24.3 Å². The number of nitrogens with zero attached hydrogens (tertiary/aromatic N) is 1. The number of ether oxygens (including phenoxy) is 1. The van der Waals surface area contributed by atoms with Crippen LogP contribution in [0.4, 0.5) is 5.69 Å². The van der Waals surface area contributed by atoms with Gasteiger partial charge in [-0.2, -0.15) is 0 Å². The normalized spacial score (nSPS) is 12.4. The highest BCUT2D eigenvalue weighted by Gasteiger charge is 2.10. The monoisotopic (exact) mass is 261 g/mol. The molecule has 1 rings (SSSR count). The number of aliphatic hydroxyl groups excluding tert-OH is 1. The number of aliphatic hydroxyl groups is 1. The molecule has 0 aliphatic heterocycles. The molecule has 1 N–H and O–H groups in total. The van der Waals surface area contributed by atoms with Gasteiger partial charge in [0.15, 0.2) is 5.78 Å². The summed E-state index contributed by atoms with van der Waals surface area (Å²) in [6.45, 7) is 3.54. The van der Waals surface area contributed by atoms with Crippen molar-refractivity contribution in [3.8, 4) is 5.75 Å². The predicted octanol–water partition coefficient (Wildman–Crippen LogP) is 3.60. The predicted molar refractivity (Wildman–Crippen MR) is 76.4 cm³/mol. The first-order valence-corrected chi connectivity index (χ1v) is 6.25. The largest absolute Gasteiger partial charge is 0.512 e.